The number of phenolic OH excluding ortho intramolecular Hbond substituents is 1. The van der Waals surface area contributed by atoms with Gasteiger partial charge in [-0.1, -0.05) is 6.07 Å². The Kier molecular flexibility index (Phi) is 4.52. The number of rotatable bonds is 3. The summed E-state index contributed by atoms with van der Waals surface area (Å²) in [5.74, 6) is -2.73. The van der Waals surface area contributed by atoms with Gasteiger partial charge in [0.2, 0.25) is 0 Å². The molecule has 0 spiro atoms. The Morgan fingerprint density at radius 1 is 1.37 bits per heavy atom. The maximum Gasteiger partial charge on any atom is 0.312 e. The van der Waals surface area contributed by atoms with E-state index < -0.39 is 35.2 Å². The number of carbonyl (C=O) groups is 1. The third-order valence-corrected chi connectivity index (χ3v) is 2.57. The zero-order valence-corrected chi connectivity index (χ0v) is 11.5. The van der Waals surface area contributed by atoms with Crippen LogP contribution in [0.2, 0.25) is 0 Å². The molecule has 106 valence electrons. The minimum absolute atomic E-state index is 0.216. The number of phenols is 1. The predicted molar refractivity (Wildman–Crippen MR) is 68.0 cm³/mol. The van der Waals surface area contributed by atoms with Crippen molar-refractivity contribution < 1.29 is 24.1 Å². The van der Waals surface area contributed by atoms with E-state index in [-0.39, 0.29) is 5.56 Å². The lowest BCUT2D eigenvalue weighted by molar-refractivity contribution is -0.163. The van der Waals surface area contributed by atoms with Crippen molar-refractivity contribution >= 4 is 5.97 Å². The molecule has 19 heavy (non-hydrogen) atoms. The van der Waals surface area contributed by atoms with Gasteiger partial charge >= 0.3 is 5.97 Å². The standard InChI is InChI=1S/C14H19FO4/c1-8(13(18)19-14(2,3)4)12(17)9-5-6-11(16)10(15)7-9/h5-8,12,16-17H,1-4H3. The summed E-state index contributed by atoms with van der Waals surface area (Å²) in [5.41, 5.74) is -0.431. The molecule has 2 N–H and O–H groups in total. The van der Waals surface area contributed by atoms with E-state index in [0.717, 1.165) is 12.1 Å². The van der Waals surface area contributed by atoms with Gasteiger partial charge in [-0.05, 0) is 45.4 Å². The normalized spacial score (nSPS) is 14.8. The Hall–Kier alpha value is -1.62. The molecule has 0 aliphatic heterocycles. The van der Waals surface area contributed by atoms with Crippen LogP contribution in [0.5, 0.6) is 5.75 Å². The molecule has 0 saturated heterocycles. The molecule has 0 bridgehead atoms. The van der Waals surface area contributed by atoms with Crippen LogP contribution in [0.15, 0.2) is 18.2 Å². The van der Waals surface area contributed by atoms with Gasteiger partial charge in [0.15, 0.2) is 11.6 Å². The molecule has 2 unspecified atom stereocenters. The van der Waals surface area contributed by atoms with Crippen molar-refractivity contribution in [2.45, 2.75) is 39.4 Å². The molecule has 1 aromatic carbocycles. The summed E-state index contributed by atoms with van der Waals surface area (Å²) in [6.07, 6.45) is -1.19. The summed E-state index contributed by atoms with van der Waals surface area (Å²) in [5, 5.41) is 19.1. The summed E-state index contributed by atoms with van der Waals surface area (Å²) < 4.78 is 18.4. The molecule has 0 aliphatic rings. The van der Waals surface area contributed by atoms with Crippen molar-refractivity contribution in [3.05, 3.63) is 29.6 Å². The first-order chi connectivity index (χ1) is 8.61. The molecule has 5 heteroatoms. The van der Waals surface area contributed by atoms with E-state index in [0.29, 0.717) is 0 Å². The van der Waals surface area contributed by atoms with Crippen molar-refractivity contribution in [2.24, 2.45) is 5.92 Å². The molecule has 0 fully saturated rings. The highest BCUT2D eigenvalue weighted by molar-refractivity contribution is 5.73. The van der Waals surface area contributed by atoms with E-state index in [9.17, 15) is 14.3 Å². The molecule has 0 radical (unpaired) electrons. The average molecular weight is 270 g/mol. The number of aliphatic hydroxyl groups excluding tert-OH is 1. The largest absolute Gasteiger partial charge is 0.505 e. The Morgan fingerprint density at radius 2 is 1.95 bits per heavy atom. The fraction of sp³-hybridized carbons (Fsp3) is 0.500. The Bertz CT molecular complexity index is 465. The number of hydrogen-bond donors (Lipinski definition) is 2. The Balaban J connectivity index is 2.84. The van der Waals surface area contributed by atoms with Crippen LogP contribution in [0.3, 0.4) is 0 Å². The number of benzene rings is 1. The maximum atomic E-state index is 13.2. The van der Waals surface area contributed by atoms with Crippen LogP contribution in [0.1, 0.15) is 39.4 Å². The van der Waals surface area contributed by atoms with Crippen molar-refractivity contribution in [1.29, 1.82) is 0 Å². The van der Waals surface area contributed by atoms with Crippen molar-refractivity contribution in [3.63, 3.8) is 0 Å². The lowest BCUT2D eigenvalue weighted by atomic mass is 9.97. The monoisotopic (exact) mass is 270 g/mol. The van der Waals surface area contributed by atoms with E-state index in [2.05, 4.69) is 0 Å². The topological polar surface area (TPSA) is 66.8 Å². The van der Waals surface area contributed by atoms with E-state index in [1.54, 1.807) is 20.8 Å². The Labute approximate surface area is 111 Å². The third kappa shape index (κ3) is 4.21. The molecule has 0 saturated carbocycles. The van der Waals surface area contributed by atoms with Gasteiger partial charge in [-0.15, -0.1) is 0 Å². The fourth-order valence-electron chi connectivity index (χ4n) is 1.52. The SMILES string of the molecule is CC(C(=O)OC(C)(C)C)C(O)c1ccc(O)c(F)c1. The Morgan fingerprint density at radius 3 is 2.42 bits per heavy atom. The molecular formula is C14H19FO4. The summed E-state index contributed by atoms with van der Waals surface area (Å²) in [6, 6.07) is 3.50. The van der Waals surface area contributed by atoms with Crippen LogP contribution in [0.4, 0.5) is 4.39 Å². The maximum absolute atomic E-state index is 13.2. The number of aromatic hydroxyl groups is 1. The quantitative estimate of drug-likeness (QED) is 0.828. The molecular weight excluding hydrogens is 251 g/mol. The molecule has 1 rings (SSSR count). The van der Waals surface area contributed by atoms with Gasteiger partial charge in [0.1, 0.15) is 5.60 Å². The number of esters is 1. The number of carbonyl (C=O) groups excluding carboxylic acids is 1. The first-order valence-corrected chi connectivity index (χ1v) is 6.01. The van der Waals surface area contributed by atoms with Crippen molar-refractivity contribution in [1.82, 2.24) is 0 Å². The van der Waals surface area contributed by atoms with Crippen LogP contribution in [-0.4, -0.2) is 21.8 Å². The van der Waals surface area contributed by atoms with Crippen LogP contribution in [0, 0.1) is 11.7 Å². The van der Waals surface area contributed by atoms with Crippen LogP contribution in [-0.2, 0) is 9.53 Å². The van der Waals surface area contributed by atoms with Gasteiger partial charge < -0.3 is 14.9 Å². The predicted octanol–water partition coefficient (Wildman–Crippen LogP) is 2.54. The first-order valence-electron chi connectivity index (χ1n) is 6.01. The molecule has 2 atom stereocenters. The van der Waals surface area contributed by atoms with Crippen molar-refractivity contribution in [2.75, 3.05) is 0 Å². The van der Waals surface area contributed by atoms with Crippen LogP contribution < -0.4 is 0 Å². The van der Waals surface area contributed by atoms with Gasteiger partial charge in [-0.3, -0.25) is 4.79 Å². The number of halogens is 1. The fourth-order valence-corrected chi connectivity index (χ4v) is 1.52. The zero-order chi connectivity index (χ0) is 14.8. The number of aliphatic hydroxyl groups is 1. The number of hydrogen-bond acceptors (Lipinski definition) is 4. The van der Waals surface area contributed by atoms with Gasteiger partial charge in [0.25, 0.3) is 0 Å². The highest BCUT2D eigenvalue weighted by atomic mass is 19.1. The van der Waals surface area contributed by atoms with Gasteiger partial charge in [-0.2, -0.15) is 0 Å². The van der Waals surface area contributed by atoms with E-state index in [1.165, 1.54) is 13.0 Å². The van der Waals surface area contributed by atoms with Gasteiger partial charge in [0, 0.05) is 0 Å². The lowest BCUT2D eigenvalue weighted by Crippen LogP contribution is -2.30. The van der Waals surface area contributed by atoms with E-state index in [4.69, 9.17) is 9.84 Å². The second-order valence-corrected chi connectivity index (χ2v) is 5.48. The van der Waals surface area contributed by atoms with Gasteiger partial charge in [-0.25, -0.2) is 4.39 Å². The summed E-state index contributed by atoms with van der Waals surface area (Å²) in [4.78, 5) is 11.8. The molecule has 1 aromatic rings. The zero-order valence-electron chi connectivity index (χ0n) is 11.5. The number of ether oxygens (including phenoxy) is 1. The smallest absolute Gasteiger partial charge is 0.312 e. The van der Waals surface area contributed by atoms with Crippen LogP contribution in [0.25, 0.3) is 0 Å². The molecule has 0 aliphatic carbocycles. The molecule has 0 heterocycles. The molecule has 0 aromatic heterocycles. The average Bonchev–Trinajstić information content (AvgIpc) is 2.28. The van der Waals surface area contributed by atoms with E-state index in [1.807, 2.05) is 0 Å². The second-order valence-electron chi connectivity index (χ2n) is 5.48. The summed E-state index contributed by atoms with van der Waals surface area (Å²) >= 11 is 0. The lowest BCUT2D eigenvalue weighted by Gasteiger charge is -2.24. The highest BCUT2D eigenvalue weighted by Crippen LogP contribution is 2.27. The minimum atomic E-state index is -1.19. The molecule has 4 nitrogen and oxygen atoms in total. The summed E-state index contributed by atoms with van der Waals surface area (Å²) in [7, 11) is 0. The minimum Gasteiger partial charge on any atom is -0.505 e. The second kappa shape index (κ2) is 5.57. The van der Waals surface area contributed by atoms with Gasteiger partial charge in [0.05, 0.1) is 12.0 Å². The van der Waals surface area contributed by atoms with Crippen molar-refractivity contribution in [3.8, 4) is 5.75 Å². The van der Waals surface area contributed by atoms with Crippen LogP contribution >= 0.6 is 0 Å². The summed E-state index contributed by atoms with van der Waals surface area (Å²) in [6.45, 7) is 6.68. The van der Waals surface area contributed by atoms with E-state index >= 15 is 0 Å². The molecule has 0 amide bonds. The third-order valence-electron chi connectivity index (χ3n) is 2.57. The highest BCUT2D eigenvalue weighted by Gasteiger charge is 2.28. The first kappa shape index (κ1) is 15.4.